The van der Waals surface area contributed by atoms with Gasteiger partial charge in [0, 0.05) is 66.4 Å². The maximum absolute atomic E-state index is 6.78. The molecule has 0 spiro atoms. The Morgan fingerprint density at radius 1 is 0.262 bits per heavy atom. The zero-order valence-corrected chi connectivity index (χ0v) is 45.6. The number of hydrogen-bond acceptors (Lipinski definition) is 2. The Kier molecular flexibility index (Phi) is 10.1. The molecule has 0 saturated carbocycles. The molecule has 18 rings (SSSR count). The third kappa shape index (κ3) is 6.79. The number of hydrogen-bond donors (Lipinski definition) is 0. The van der Waals surface area contributed by atoms with E-state index in [2.05, 4.69) is 316 Å². The van der Waals surface area contributed by atoms with E-state index in [9.17, 15) is 0 Å². The number of anilines is 3. The van der Waals surface area contributed by atoms with Gasteiger partial charge >= 0.3 is 0 Å². The van der Waals surface area contributed by atoms with Crippen molar-refractivity contribution in [3.05, 3.63) is 297 Å². The lowest BCUT2D eigenvalue weighted by atomic mass is 9.34. The van der Waals surface area contributed by atoms with Crippen molar-refractivity contribution in [3.8, 4) is 61.9 Å². The van der Waals surface area contributed by atoms with Crippen molar-refractivity contribution in [2.75, 3.05) is 4.90 Å². The van der Waals surface area contributed by atoms with Crippen molar-refractivity contribution in [1.29, 1.82) is 0 Å². The van der Waals surface area contributed by atoms with Gasteiger partial charge in [0.1, 0.15) is 11.5 Å². The van der Waals surface area contributed by atoms with Gasteiger partial charge in [0.05, 0.1) is 33.1 Å². The maximum atomic E-state index is 6.78. The zero-order valence-electron chi connectivity index (χ0n) is 45.6. The SMILES string of the molecule is c1ccc(-c2ccc3c(c2)c2c(c4c5cc(-c6ccccc6)ccc5n(-c5ccc6c(c5)N(c5ccccc5)c5cccc7c5B6c5ccccc5O7)c4c4c5cc(-c6ccccc6)ccc5n(-c5ccccc5)c24)n3-c2ccccc2)cc1. The first-order chi connectivity index (χ1) is 41.7. The minimum absolute atomic E-state index is 0.0503. The first-order valence-electron chi connectivity index (χ1n) is 28.9. The van der Waals surface area contributed by atoms with Crippen LogP contribution in [0.2, 0.25) is 0 Å². The molecule has 0 aliphatic carbocycles. The smallest absolute Gasteiger partial charge is 0.256 e. The lowest BCUT2D eigenvalue weighted by Gasteiger charge is -2.40. The van der Waals surface area contributed by atoms with Gasteiger partial charge in [-0.05, 0) is 153 Å². The maximum Gasteiger partial charge on any atom is 0.256 e. The van der Waals surface area contributed by atoms with Crippen molar-refractivity contribution in [3.63, 3.8) is 0 Å². The molecule has 0 bridgehead atoms. The van der Waals surface area contributed by atoms with Crippen LogP contribution in [0.3, 0.4) is 0 Å². The molecule has 390 valence electrons. The van der Waals surface area contributed by atoms with Gasteiger partial charge in [-0.1, -0.05) is 194 Å². The molecule has 0 saturated heterocycles. The van der Waals surface area contributed by atoms with Crippen LogP contribution < -0.4 is 26.0 Å². The number of aromatic nitrogens is 3. The molecule has 0 atom stereocenters. The third-order valence-electron chi connectivity index (χ3n) is 17.8. The Morgan fingerprint density at radius 2 is 0.667 bits per heavy atom. The second-order valence-electron chi connectivity index (χ2n) is 22.3. The molecule has 0 fully saturated rings. The molecule has 0 radical (unpaired) electrons. The summed E-state index contributed by atoms with van der Waals surface area (Å²) in [7, 11) is 0. The molecular weight excluding hydrogens is 1020 g/mol. The lowest BCUT2D eigenvalue weighted by Crippen LogP contribution is -2.59. The quantitative estimate of drug-likeness (QED) is 0.149. The highest BCUT2D eigenvalue weighted by atomic mass is 16.5. The van der Waals surface area contributed by atoms with Gasteiger partial charge in [-0.2, -0.15) is 0 Å². The molecule has 3 aromatic heterocycles. The monoisotopic (exact) mass is 1070 g/mol. The average molecular weight is 1070 g/mol. The van der Waals surface area contributed by atoms with Crippen LogP contribution in [0.4, 0.5) is 17.1 Å². The van der Waals surface area contributed by atoms with Crippen molar-refractivity contribution in [1.82, 2.24) is 13.7 Å². The van der Waals surface area contributed by atoms with Gasteiger partial charge < -0.3 is 23.3 Å². The standard InChI is InChI=1S/C78H49BN4O/c1-7-22-50(23-8-1)53-38-43-65-60(46-53)72-76-73(61-47-54(51-24-9-2-10-25-51)39-44-66(61)82(76)58-32-17-6-18-33-58)78-74(77(72)81(65)57-30-15-5-16-31-57)62-48-55(52-26-11-3-12-27-52)40-45-67(62)83(78)59-41-42-63-69(49-59)80(56-28-13-4-14-29-56)68-35-21-37-71-75(68)79(63)64-34-19-20-36-70(64)84-71/h1-49H. The number of nitrogens with zero attached hydrogens (tertiary/aromatic N) is 4. The van der Waals surface area contributed by atoms with Gasteiger partial charge in [0.25, 0.3) is 6.71 Å². The molecule has 0 amide bonds. The number of benzene rings is 13. The summed E-state index contributed by atoms with van der Waals surface area (Å²) < 4.78 is 14.5. The molecule has 13 aromatic carbocycles. The summed E-state index contributed by atoms with van der Waals surface area (Å²) in [6.07, 6.45) is 0. The van der Waals surface area contributed by atoms with Crippen LogP contribution in [0.15, 0.2) is 297 Å². The number of fused-ring (bicyclic) bond motifs is 16. The summed E-state index contributed by atoms with van der Waals surface area (Å²) in [4.78, 5) is 2.46. The highest BCUT2D eigenvalue weighted by Gasteiger charge is 2.42. The molecule has 5 heterocycles. The van der Waals surface area contributed by atoms with Crippen LogP contribution in [0.1, 0.15) is 0 Å². The second-order valence-corrected chi connectivity index (χ2v) is 22.3. The van der Waals surface area contributed by atoms with Crippen LogP contribution in [-0.2, 0) is 0 Å². The fourth-order valence-electron chi connectivity index (χ4n) is 14.3. The molecule has 0 unspecified atom stereocenters. The normalized spacial score (nSPS) is 12.6. The van der Waals surface area contributed by atoms with Crippen molar-refractivity contribution >= 4 is 106 Å². The number of para-hydroxylation sites is 4. The third-order valence-corrected chi connectivity index (χ3v) is 17.8. The average Bonchev–Trinajstić information content (AvgIpc) is 1.59. The van der Waals surface area contributed by atoms with Gasteiger partial charge in [-0.25, -0.2) is 0 Å². The number of rotatable bonds is 7. The molecule has 6 heteroatoms. The summed E-state index contributed by atoms with van der Waals surface area (Å²) in [5.74, 6) is 1.79. The number of ether oxygens (including phenoxy) is 1. The van der Waals surface area contributed by atoms with Gasteiger partial charge in [-0.15, -0.1) is 0 Å². The van der Waals surface area contributed by atoms with E-state index in [4.69, 9.17) is 4.74 Å². The Balaban J connectivity index is 1.07. The second kappa shape index (κ2) is 18.2. The molecule has 16 aromatic rings. The van der Waals surface area contributed by atoms with E-state index in [0.29, 0.717) is 0 Å². The minimum atomic E-state index is -0.0503. The van der Waals surface area contributed by atoms with Crippen LogP contribution >= 0.6 is 0 Å². The van der Waals surface area contributed by atoms with E-state index >= 15 is 0 Å². The molecule has 2 aliphatic heterocycles. The minimum Gasteiger partial charge on any atom is -0.458 e. The Labute approximate surface area is 485 Å². The van der Waals surface area contributed by atoms with Crippen molar-refractivity contribution in [2.45, 2.75) is 0 Å². The predicted molar refractivity (Wildman–Crippen MR) is 352 cm³/mol. The van der Waals surface area contributed by atoms with Crippen LogP contribution in [0.5, 0.6) is 11.5 Å². The Morgan fingerprint density at radius 3 is 1.14 bits per heavy atom. The van der Waals surface area contributed by atoms with Gasteiger partial charge in [-0.3, -0.25) is 0 Å². The molecule has 5 nitrogen and oxygen atoms in total. The van der Waals surface area contributed by atoms with E-state index in [1.54, 1.807) is 0 Å². The van der Waals surface area contributed by atoms with E-state index in [-0.39, 0.29) is 6.71 Å². The van der Waals surface area contributed by atoms with Gasteiger partial charge in [0.2, 0.25) is 0 Å². The topological polar surface area (TPSA) is 27.3 Å². The first kappa shape index (κ1) is 46.7. The lowest BCUT2D eigenvalue weighted by molar-refractivity contribution is 0.487. The summed E-state index contributed by atoms with van der Waals surface area (Å²) in [5.41, 5.74) is 24.0. The van der Waals surface area contributed by atoms with Crippen LogP contribution in [0.25, 0.3) is 116 Å². The fourth-order valence-corrected chi connectivity index (χ4v) is 14.3. The summed E-state index contributed by atoms with van der Waals surface area (Å²) in [6, 6.07) is 109. The van der Waals surface area contributed by atoms with E-state index in [1.165, 1.54) is 71.0 Å². The van der Waals surface area contributed by atoms with E-state index in [1.807, 2.05) is 0 Å². The van der Waals surface area contributed by atoms with Crippen LogP contribution in [0, 0.1) is 0 Å². The summed E-state index contributed by atoms with van der Waals surface area (Å²) in [5, 5.41) is 7.12. The predicted octanol–water partition coefficient (Wildman–Crippen LogP) is 18.4. The molecular formula is C78H49BN4O. The van der Waals surface area contributed by atoms with Crippen molar-refractivity contribution < 1.29 is 4.74 Å². The van der Waals surface area contributed by atoms with Gasteiger partial charge in [0.15, 0.2) is 0 Å². The molecule has 2 aliphatic rings. The Bertz CT molecular complexity index is 5250. The highest BCUT2D eigenvalue weighted by molar-refractivity contribution is 6.99. The summed E-state index contributed by atoms with van der Waals surface area (Å²) in [6.45, 7) is -0.0503. The summed E-state index contributed by atoms with van der Waals surface area (Å²) >= 11 is 0. The van der Waals surface area contributed by atoms with Crippen molar-refractivity contribution in [2.24, 2.45) is 0 Å². The van der Waals surface area contributed by atoms with E-state index < -0.39 is 0 Å². The molecule has 84 heavy (non-hydrogen) atoms. The highest BCUT2D eigenvalue weighted by Crippen LogP contribution is 2.52. The largest absolute Gasteiger partial charge is 0.458 e. The zero-order chi connectivity index (χ0) is 55.0. The fraction of sp³-hybridized carbons (Fsp3) is 0. The first-order valence-corrected chi connectivity index (χ1v) is 28.9. The molecule has 0 N–H and O–H groups in total. The Hall–Kier alpha value is -11.1. The van der Waals surface area contributed by atoms with Crippen LogP contribution in [-0.4, -0.2) is 20.4 Å². The van der Waals surface area contributed by atoms with E-state index in [0.717, 1.165) is 89.9 Å².